The zero-order valence-corrected chi connectivity index (χ0v) is 10.3. The van der Waals surface area contributed by atoms with Crippen molar-refractivity contribution in [2.45, 2.75) is 26.3 Å². The van der Waals surface area contributed by atoms with Gasteiger partial charge in [-0.1, -0.05) is 6.92 Å². The molecular weight excluding hydrogens is 222 g/mol. The fraction of sp³-hybridized carbons (Fsp3) is 0.455. The Morgan fingerprint density at radius 1 is 1.50 bits per heavy atom. The van der Waals surface area contributed by atoms with Crippen LogP contribution in [0.3, 0.4) is 0 Å². The van der Waals surface area contributed by atoms with E-state index in [4.69, 9.17) is 4.42 Å². The Kier molecular flexibility index (Phi) is 3.69. The summed E-state index contributed by atoms with van der Waals surface area (Å²) >= 11 is 1.55. The number of nitrogens with zero attached hydrogens (tertiary/aromatic N) is 2. The summed E-state index contributed by atoms with van der Waals surface area (Å²) in [5.41, 5.74) is 1.79. The SMILES string of the molecule is CCCNC(C)c1ncc(-c2cncs2)o1. The van der Waals surface area contributed by atoms with Gasteiger partial charge in [-0.2, -0.15) is 0 Å². The Morgan fingerprint density at radius 3 is 3.06 bits per heavy atom. The average molecular weight is 237 g/mol. The molecule has 0 radical (unpaired) electrons. The van der Waals surface area contributed by atoms with E-state index in [0.717, 1.165) is 29.5 Å². The molecule has 0 spiro atoms. The molecule has 0 fully saturated rings. The minimum Gasteiger partial charge on any atom is -0.438 e. The molecule has 0 aliphatic carbocycles. The third-order valence-corrected chi connectivity index (χ3v) is 3.06. The monoisotopic (exact) mass is 237 g/mol. The van der Waals surface area contributed by atoms with Crippen LogP contribution in [0.2, 0.25) is 0 Å². The highest BCUT2D eigenvalue weighted by Gasteiger charge is 2.12. The fourth-order valence-electron chi connectivity index (χ4n) is 1.39. The van der Waals surface area contributed by atoms with Crippen molar-refractivity contribution in [2.24, 2.45) is 0 Å². The lowest BCUT2D eigenvalue weighted by atomic mass is 10.3. The molecule has 0 aliphatic heterocycles. The summed E-state index contributed by atoms with van der Waals surface area (Å²) in [6, 6.07) is 0.154. The molecule has 1 unspecified atom stereocenters. The molecule has 2 heterocycles. The highest BCUT2D eigenvalue weighted by molar-refractivity contribution is 7.13. The number of aromatic nitrogens is 2. The van der Waals surface area contributed by atoms with Gasteiger partial charge in [0.15, 0.2) is 5.76 Å². The van der Waals surface area contributed by atoms with Crippen LogP contribution < -0.4 is 5.32 Å². The van der Waals surface area contributed by atoms with E-state index in [-0.39, 0.29) is 6.04 Å². The number of thiazole rings is 1. The van der Waals surface area contributed by atoms with Gasteiger partial charge < -0.3 is 9.73 Å². The molecule has 2 aromatic rings. The van der Waals surface area contributed by atoms with E-state index >= 15 is 0 Å². The maximum atomic E-state index is 5.68. The topological polar surface area (TPSA) is 51.0 Å². The van der Waals surface area contributed by atoms with Crippen molar-refractivity contribution in [1.82, 2.24) is 15.3 Å². The molecule has 0 amide bonds. The first kappa shape index (κ1) is 11.3. The Bertz CT molecular complexity index is 424. The zero-order valence-electron chi connectivity index (χ0n) is 9.43. The first-order chi connectivity index (χ1) is 7.81. The third kappa shape index (κ3) is 2.48. The summed E-state index contributed by atoms with van der Waals surface area (Å²) < 4.78 is 5.68. The van der Waals surface area contributed by atoms with Crippen molar-refractivity contribution in [2.75, 3.05) is 6.54 Å². The standard InChI is InChI=1S/C11H15N3OS/c1-3-4-13-8(2)11-14-5-9(15-11)10-6-12-7-16-10/h5-8,13H,3-4H2,1-2H3. The van der Waals surface area contributed by atoms with Gasteiger partial charge in [-0.3, -0.25) is 4.98 Å². The summed E-state index contributed by atoms with van der Waals surface area (Å²) in [5.74, 6) is 1.53. The zero-order chi connectivity index (χ0) is 11.4. The van der Waals surface area contributed by atoms with Crippen molar-refractivity contribution < 1.29 is 4.42 Å². The maximum Gasteiger partial charge on any atom is 0.211 e. The Hall–Kier alpha value is -1.20. The van der Waals surface area contributed by atoms with Gasteiger partial charge in [0, 0.05) is 6.20 Å². The minimum atomic E-state index is 0.154. The molecule has 1 N–H and O–H groups in total. The summed E-state index contributed by atoms with van der Waals surface area (Å²) in [5, 5.41) is 3.34. The molecular formula is C11H15N3OS. The lowest BCUT2D eigenvalue weighted by Gasteiger charge is -2.08. The summed E-state index contributed by atoms with van der Waals surface area (Å²) in [4.78, 5) is 9.31. The van der Waals surface area contributed by atoms with Gasteiger partial charge in [-0.05, 0) is 19.9 Å². The van der Waals surface area contributed by atoms with Crippen LogP contribution >= 0.6 is 11.3 Å². The smallest absolute Gasteiger partial charge is 0.211 e. The Balaban J connectivity index is 2.07. The molecule has 86 valence electrons. The second-order valence-corrected chi connectivity index (χ2v) is 4.49. The first-order valence-electron chi connectivity index (χ1n) is 5.39. The number of hydrogen-bond donors (Lipinski definition) is 1. The van der Waals surface area contributed by atoms with E-state index in [9.17, 15) is 0 Å². The van der Waals surface area contributed by atoms with Crippen LogP contribution in [0.15, 0.2) is 22.3 Å². The Labute approximate surface area is 98.7 Å². The molecule has 2 rings (SSSR count). The van der Waals surface area contributed by atoms with Crippen LogP contribution in [0.5, 0.6) is 0 Å². The minimum absolute atomic E-state index is 0.154. The summed E-state index contributed by atoms with van der Waals surface area (Å²) in [7, 11) is 0. The number of oxazole rings is 1. The fourth-order valence-corrected chi connectivity index (χ4v) is 1.95. The van der Waals surface area contributed by atoms with Crippen molar-refractivity contribution in [3.05, 3.63) is 23.8 Å². The predicted octanol–water partition coefficient (Wildman–Crippen LogP) is 2.86. The van der Waals surface area contributed by atoms with E-state index in [1.165, 1.54) is 0 Å². The van der Waals surface area contributed by atoms with Gasteiger partial charge in [-0.25, -0.2) is 4.98 Å². The van der Waals surface area contributed by atoms with E-state index in [0.29, 0.717) is 0 Å². The van der Waals surface area contributed by atoms with Crippen LogP contribution in [-0.4, -0.2) is 16.5 Å². The number of nitrogens with one attached hydrogen (secondary N) is 1. The highest BCUT2D eigenvalue weighted by atomic mass is 32.1. The lowest BCUT2D eigenvalue weighted by Crippen LogP contribution is -2.19. The van der Waals surface area contributed by atoms with Crippen LogP contribution in [0, 0.1) is 0 Å². The van der Waals surface area contributed by atoms with Crippen LogP contribution in [0.4, 0.5) is 0 Å². The molecule has 0 saturated heterocycles. The maximum absolute atomic E-state index is 5.68. The van der Waals surface area contributed by atoms with Crippen LogP contribution in [-0.2, 0) is 0 Å². The molecule has 4 nitrogen and oxygen atoms in total. The number of hydrogen-bond acceptors (Lipinski definition) is 5. The average Bonchev–Trinajstić information content (AvgIpc) is 2.94. The van der Waals surface area contributed by atoms with Gasteiger partial charge in [0.05, 0.1) is 22.6 Å². The van der Waals surface area contributed by atoms with Gasteiger partial charge in [0.1, 0.15) is 0 Å². The highest BCUT2D eigenvalue weighted by Crippen LogP contribution is 2.25. The quantitative estimate of drug-likeness (QED) is 0.868. The second kappa shape index (κ2) is 5.23. The molecule has 5 heteroatoms. The molecule has 0 aliphatic rings. The predicted molar refractivity (Wildman–Crippen MR) is 64.3 cm³/mol. The molecule has 1 atom stereocenters. The van der Waals surface area contributed by atoms with Crippen molar-refractivity contribution in [3.63, 3.8) is 0 Å². The normalized spacial score (nSPS) is 12.9. The van der Waals surface area contributed by atoms with E-state index < -0.39 is 0 Å². The van der Waals surface area contributed by atoms with Gasteiger partial charge in [0.2, 0.25) is 5.89 Å². The molecule has 2 aromatic heterocycles. The molecule has 16 heavy (non-hydrogen) atoms. The van der Waals surface area contributed by atoms with E-state index in [2.05, 4.69) is 29.1 Å². The van der Waals surface area contributed by atoms with Gasteiger partial charge in [-0.15, -0.1) is 11.3 Å². The summed E-state index contributed by atoms with van der Waals surface area (Å²) in [6.45, 7) is 5.16. The van der Waals surface area contributed by atoms with Crippen molar-refractivity contribution in [3.8, 4) is 10.6 Å². The third-order valence-electron chi connectivity index (χ3n) is 2.27. The van der Waals surface area contributed by atoms with Gasteiger partial charge >= 0.3 is 0 Å². The molecule has 0 aromatic carbocycles. The Morgan fingerprint density at radius 2 is 2.38 bits per heavy atom. The molecule has 0 saturated carbocycles. The van der Waals surface area contributed by atoms with Gasteiger partial charge in [0.25, 0.3) is 0 Å². The molecule has 0 bridgehead atoms. The van der Waals surface area contributed by atoms with Crippen LogP contribution in [0.1, 0.15) is 32.2 Å². The van der Waals surface area contributed by atoms with E-state index in [1.54, 1.807) is 29.2 Å². The van der Waals surface area contributed by atoms with Crippen molar-refractivity contribution >= 4 is 11.3 Å². The largest absolute Gasteiger partial charge is 0.438 e. The first-order valence-corrected chi connectivity index (χ1v) is 6.27. The van der Waals surface area contributed by atoms with Crippen molar-refractivity contribution in [1.29, 1.82) is 0 Å². The lowest BCUT2D eigenvalue weighted by molar-refractivity contribution is 0.423. The van der Waals surface area contributed by atoms with Crippen LogP contribution in [0.25, 0.3) is 10.6 Å². The summed E-state index contributed by atoms with van der Waals surface area (Å²) in [6.07, 6.45) is 4.65. The second-order valence-electron chi connectivity index (χ2n) is 3.60. The van der Waals surface area contributed by atoms with E-state index in [1.807, 2.05) is 0 Å². The number of rotatable bonds is 5.